The lowest BCUT2D eigenvalue weighted by atomic mass is 10.2. The van der Waals surface area contributed by atoms with E-state index in [0.29, 0.717) is 33.7 Å². The molecular formula is C19H18ClN5O2S2. The lowest BCUT2D eigenvalue weighted by Gasteiger charge is -2.08. The van der Waals surface area contributed by atoms with Crippen LogP contribution in [0.25, 0.3) is 16.0 Å². The van der Waals surface area contributed by atoms with Crippen molar-refractivity contribution >= 4 is 56.6 Å². The third-order valence-electron chi connectivity index (χ3n) is 4.36. The van der Waals surface area contributed by atoms with Gasteiger partial charge in [-0.05, 0) is 35.6 Å². The van der Waals surface area contributed by atoms with Crippen LogP contribution < -0.4 is 10.9 Å². The van der Waals surface area contributed by atoms with Crippen LogP contribution in [0.1, 0.15) is 18.9 Å². The second kappa shape index (κ2) is 8.56. The molecule has 0 saturated heterocycles. The zero-order valence-electron chi connectivity index (χ0n) is 15.6. The molecule has 29 heavy (non-hydrogen) atoms. The van der Waals surface area contributed by atoms with Crippen LogP contribution in [0.5, 0.6) is 0 Å². The first-order chi connectivity index (χ1) is 14.1. The van der Waals surface area contributed by atoms with Crippen molar-refractivity contribution in [3.8, 4) is 0 Å². The number of nitrogens with zero attached hydrogens (tertiary/aromatic N) is 4. The summed E-state index contributed by atoms with van der Waals surface area (Å²) in [4.78, 5) is 25.0. The van der Waals surface area contributed by atoms with Gasteiger partial charge in [-0.2, -0.15) is 0 Å². The molecule has 1 aromatic carbocycles. The Labute approximate surface area is 179 Å². The van der Waals surface area contributed by atoms with Crippen LogP contribution >= 0.6 is 34.7 Å². The van der Waals surface area contributed by atoms with Gasteiger partial charge in [0, 0.05) is 18.1 Å². The molecule has 0 unspecified atom stereocenters. The number of amides is 1. The SMILES string of the molecule is CCCn1c(=O)c2sccc2n2c(SCC(=O)NCc3ccc(Cl)cc3)nnc12. The Morgan fingerprint density at radius 3 is 2.79 bits per heavy atom. The second-order valence-corrected chi connectivity index (χ2v) is 8.70. The number of thioether (sulfide) groups is 1. The fraction of sp³-hybridized carbons (Fsp3) is 0.263. The second-order valence-electron chi connectivity index (χ2n) is 6.40. The zero-order valence-corrected chi connectivity index (χ0v) is 18.0. The number of aromatic nitrogens is 4. The standard InChI is InChI=1S/C19H18ClN5O2S2/c1-2-8-24-17(27)16-14(7-9-28-16)25-18(24)22-23-19(25)29-11-15(26)21-10-12-3-5-13(20)6-4-12/h3-7,9H,2,8,10-11H2,1H3,(H,21,26). The number of rotatable bonds is 7. The first-order valence-electron chi connectivity index (χ1n) is 9.07. The minimum absolute atomic E-state index is 0.0472. The van der Waals surface area contributed by atoms with Crippen LogP contribution in [0.2, 0.25) is 5.02 Å². The van der Waals surface area contributed by atoms with Gasteiger partial charge in [0.2, 0.25) is 11.7 Å². The summed E-state index contributed by atoms with van der Waals surface area (Å²) in [5.41, 5.74) is 1.70. The third-order valence-corrected chi connectivity index (χ3v) is 6.44. The van der Waals surface area contributed by atoms with Crippen LogP contribution in [0.15, 0.2) is 45.7 Å². The van der Waals surface area contributed by atoms with E-state index in [1.54, 1.807) is 16.7 Å². The molecule has 0 radical (unpaired) electrons. The minimum atomic E-state index is -0.106. The summed E-state index contributed by atoms with van der Waals surface area (Å²) in [6, 6.07) is 9.23. The highest BCUT2D eigenvalue weighted by Gasteiger charge is 2.18. The molecule has 0 fully saturated rings. The van der Waals surface area contributed by atoms with Gasteiger partial charge in [0.05, 0.1) is 11.3 Å². The van der Waals surface area contributed by atoms with Crippen LogP contribution in [0.4, 0.5) is 0 Å². The summed E-state index contributed by atoms with van der Waals surface area (Å²) in [5, 5.41) is 14.5. The van der Waals surface area contributed by atoms with Crippen molar-refractivity contribution in [2.24, 2.45) is 0 Å². The predicted molar refractivity (Wildman–Crippen MR) is 117 cm³/mol. The van der Waals surface area contributed by atoms with Gasteiger partial charge in [0.1, 0.15) is 4.70 Å². The lowest BCUT2D eigenvalue weighted by Crippen LogP contribution is -2.24. The summed E-state index contributed by atoms with van der Waals surface area (Å²) < 4.78 is 4.18. The summed E-state index contributed by atoms with van der Waals surface area (Å²) in [7, 11) is 0. The number of fused-ring (bicyclic) bond motifs is 3. The van der Waals surface area contributed by atoms with Crippen molar-refractivity contribution < 1.29 is 4.79 Å². The first-order valence-corrected chi connectivity index (χ1v) is 11.3. The third kappa shape index (κ3) is 4.03. The fourth-order valence-electron chi connectivity index (χ4n) is 3.00. The maximum atomic E-state index is 12.7. The topological polar surface area (TPSA) is 81.3 Å². The smallest absolute Gasteiger partial charge is 0.272 e. The summed E-state index contributed by atoms with van der Waals surface area (Å²) in [5.74, 6) is 0.601. The zero-order chi connectivity index (χ0) is 20.4. The normalized spacial score (nSPS) is 11.4. The Balaban J connectivity index is 1.53. The van der Waals surface area contributed by atoms with Crippen LogP contribution in [0, 0.1) is 0 Å². The Hall–Kier alpha value is -2.36. The molecule has 0 saturated carbocycles. The molecule has 1 N–H and O–H groups in total. The summed E-state index contributed by atoms with van der Waals surface area (Å²) in [6.07, 6.45) is 0.814. The van der Waals surface area contributed by atoms with Crippen LogP contribution in [-0.4, -0.2) is 30.8 Å². The van der Waals surface area contributed by atoms with Crippen molar-refractivity contribution in [2.75, 3.05) is 5.75 Å². The number of thiophene rings is 1. The lowest BCUT2D eigenvalue weighted by molar-refractivity contribution is -0.118. The van der Waals surface area contributed by atoms with Gasteiger partial charge in [-0.15, -0.1) is 21.5 Å². The number of halogens is 1. The summed E-state index contributed by atoms with van der Waals surface area (Å²) >= 11 is 8.58. The molecule has 3 aromatic heterocycles. The number of aryl methyl sites for hydroxylation is 1. The van der Waals surface area contributed by atoms with Gasteiger partial charge in [0.15, 0.2) is 5.16 Å². The van der Waals surface area contributed by atoms with E-state index in [2.05, 4.69) is 15.5 Å². The molecular weight excluding hydrogens is 430 g/mol. The predicted octanol–water partition coefficient (Wildman–Crippen LogP) is 3.58. The highest BCUT2D eigenvalue weighted by Crippen LogP contribution is 2.24. The highest BCUT2D eigenvalue weighted by molar-refractivity contribution is 7.99. The van der Waals surface area contributed by atoms with Gasteiger partial charge in [-0.3, -0.25) is 18.6 Å². The number of benzene rings is 1. The molecule has 0 aliphatic rings. The molecule has 0 aliphatic heterocycles. The van der Waals surface area contributed by atoms with E-state index >= 15 is 0 Å². The Bertz CT molecular complexity index is 1230. The maximum absolute atomic E-state index is 12.7. The van der Waals surface area contributed by atoms with Crippen molar-refractivity contribution in [1.29, 1.82) is 0 Å². The monoisotopic (exact) mass is 447 g/mol. The minimum Gasteiger partial charge on any atom is -0.351 e. The van der Waals surface area contributed by atoms with Gasteiger partial charge in [-0.25, -0.2) is 0 Å². The molecule has 4 aromatic rings. The molecule has 0 aliphatic carbocycles. The first kappa shape index (κ1) is 19.9. The van der Waals surface area contributed by atoms with Crippen molar-refractivity contribution in [3.05, 3.63) is 56.7 Å². The van der Waals surface area contributed by atoms with E-state index in [9.17, 15) is 9.59 Å². The van der Waals surface area contributed by atoms with Gasteiger partial charge < -0.3 is 5.32 Å². The average Bonchev–Trinajstić information content (AvgIpc) is 3.36. The average molecular weight is 448 g/mol. The van der Waals surface area contributed by atoms with E-state index in [-0.39, 0.29) is 17.2 Å². The maximum Gasteiger partial charge on any atom is 0.272 e. The van der Waals surface area contributed by atoms with Crippen LogP contribution in [0.3, 0.4) is 0 Å². The number of nitrogens with one attached hydrogen (secondary N) is 1. The van der Waals surface area contributed by atoms with Gasteiger partial charge in [-0.1, -0.05) is 42.4 Å². The molecule has 7 nitrogen and oxygen atoms in total. The Morgan fingerprint density at radius 1 is 1.24 bits per heavy atom. The number of carbonyl (C=O) groups excluding carboxylic acids is 1. The molecule has 1 amide bonds. The van der Waals surface area contributed by atoms with E-state index in [4.69, 9.17) is 11.6 Å². The molecule has 10 heteroatoms. The highest BCUT2D eigenvalue weighted by atomic mass is 35.5. The van der Waals surface area contributed by atoms with Crippen LogP contribution in [-0.2, 0) is 17.9 Å². The van der Waals surface area contributed by atoms with E-state index in [1.807, 2.05) is 34.9 Å². The van der Waals surface area contributed by atoms with Gasteiger partial charge >= 0.3 is 0 Å². The molecule has 4 rings (SSSR count). The number of hydrogen-bond acceptors (Lipinski definition) is 6. The van der Waals surface area contributed by atoms with Crippen molar-refractivity contribution in [3.63, 3.8) is 0 Å². The molecule has 0 atom stereocenters. The Kier molecular flexibility index (Phi) is 5.89. The fourth-order valence-corrected chi connectivity index (χ4v) is 4.72. The number of carbonyl (C=O) groups is 1. The van der Waals surface area contributed by atoms with Gasteiger partial charge in [0.25, 0.3) is 5.56 Å². The van der Waals surface area contributed by atoms with E-state index in [0.717, 1.165) is 17.5 Å². The van der Waals surface area contributed by atoms with Crippen molar-refractivity contribution in [1.82, 2.24) is 24.5 Å². The molecule has 3 heterocycles. The van der Waals surface area contributed by atoms with Crippen molar-refractivity contribution in [2.45, 2.75) is 31.6 Å². The molecule has 0 bridgehead atoms. The quantitative estimate of drug-likeness (QED) is 0.438. The Morgan fingerprint density at radius 2 is 2.03 bits per heavy atom. The number of hydrogen-bond donors (Lipinski definition) is 1. The molecule has 150 valence electrons. The summed E-state index contributed by atoms with van der Waals surface area (Å²) in [6.45, 7) is 3.02. The van der Waals surface area contributed by atoms with E-state index in [1.165, 1.54) is 23.1 Å². The largest absolute Gasteiger partial charge is 0.351 e. The molecule has 0 spiro atoms. The van der Waals surface area contributed by atoms with E-state index < -0.39 is 0 Å².